The molecule has 0 aliphatic carbocycles. The molecule has 2 rings (SSSR count). The molecule has 18 heavy (non-hydrogen) atoms. The average Bonchev–Trinajstić information content (AvgIpc) is 2.35. The van der Waals surface area contributed by atoms with E-state index in [4.69, 9.17) is 0 Å². The lowest BCUT2D eigenvalue weighted by atomic mass is 9.96. The van der Waals surface area contributed by atoms with E-state index in [1.54, 1.807) is 0 Å². The van der Waals surface area contributed by atoms with Gasteiger partial charge in [0.05, 0.1) is 0 Å². The van der Waals surface area contributed by atoms with Gasteiger partial charge in [0.2, 0.25) is 5.91 Å². The third-order valence-electron chi connectivity index (χ3n) is 3.31. The van der Waals surface area contributed by atoms with Crippen LogP contribution in [-0.4, -0.2) is 19.0 Å². The summed E-state index contributed by atoms with van der Waals surface area (Å²) >= 11 is 3.45. The maximum Gasteiger partial charge on any atom is 0.224 e. The number of amides is 1. The lowest BCUT2D eigenvalue weighted by Crippen LogP contribution is -2.32. The van der Waals surface area contributed by atoms with E-state index < -0.39 is 0 Å². The highest BCUT2D eigenvalue weighted by atomic mass is 79.9. The van der Waals surface area contributed by atoms with Gasteiger partial charge in [-0.1, -0.05) is 15.9 Å². The van der Waals surface area contributed by atoms with Crippen LogP contribution in [0, 0.1) is 12.8 Å². The summed E-state index contributed by atoms with van der Waals surface area (Å²) in [4.78, 5) is 11.9. The fourth-order valence-electron chi connectivity index (χ4n) is 2.29. The highest BCUT2D eigenvalue weighted by Gasteiger charge is 2.16. The Hall–Kier alpha value is -0.870. The Morgan fingerprint density at radius 2 is 2.39 bits per heavy atom. The summed E-state index contributed by atoms with van der Waals surface area (Å²) in [6, 6.07) is 5.88. The van der Waals surface area contributed by atoms with Crippen LogP contribution < -0.4 is 10.6 Å². The standard InChI is InChI=1S/C14H19BrN2O/c1-10-7-12(4-5-13(10)15)17-14(18)8-11-3-2-6-16-9-11/h4-5,7,11,16H,2-3,6,8-9H2,1H3,(H,17,18). The Bertz CT molecular complexity index is 428. The first-order chi connectivity index (χ1) is 8.65. The van der Waals surface area contributed by atoms with E-state index in [9.17, 15) is 4.79 Å². The van der Waals surface area contributed by atoms with E-state index in [0.29, 0.717) is 12.3 Å². The lowest BCUT2D eigenvalue weighted by molar-refractivity contribution is -0.117. The fourth-order valence-corrected chi connectivity index (χ4v) is 2.54. The molecule has 0 saturated carbocycles. The van der Waals surface area contributed by atoms with Gasteiger partial charge in [-0.15, -0.1) is 0 Å². The maximum atomic E-state index is 11.9. The Labute approximate surface area is 116 Å². The number of anilines is 1. The van der Waals surface area contributed by atoms with Crippen molar-refractivity contribution >= 4 is 27.5 Å². The molecule has 1 aromatic carbocycles. The molecule has 0 radical (unpaired) electrons. The van der Waals surface area contributed by atoms with Crippen LogP contribution >= 0.6 is 15.9 Å². The number of halogens is 1. The molecule has 1 heterocycles. The van der Waals surface area contributed by atoms with Gasteiger partial charge < -0.3 is 10.6 Å². The SMILES string of the molecule is Cc1cc(NC(=O)CC2CCCNC2)ccc1Br. The Morgan fingerprint density at radius 3 is 3.06 bits per heavy atom. The van der Waals surface area contributed by atoms with E-state index in [1.807, 2.05) is 25.1 Å². The van der Waals surface area contributed by atoms with Crippen molar-refractivity contribution in [2.24, 2.45) is 5.92 Å². The predicted octanol–water partition coefficient (Wildman–Crippen LogP) is 3.09. The number of nitrogens with one attached hydrogen (secondary N) is 2. The smallest absolute Gasteiger partial charge is 0.224 e. The molecule has 1 fully saturated rings. The van der Waals surface area contributed by atoms with Crippen LogP contribution in [0.25, 0.3) is 0 Å². The molecule has 1 saturated heterocycles. The lowest BCUT2D eigenvalue weighted by Gasteiger charge is -2.22. The largest absolute Gasteiger partial charge is 0.326 e. The molecule has 1 aliphatic heterocycles. The summed E-state index contributed by atoms with van der Waals surface area (Å²) in [6.45, 7) is 4.07. The first-order valence-corrected chi connectivity index (χ1v) is 7.21. The van der Waals surface area contributed by atoms with Gasteiger partial charge in [0.15, 0.2) is 0 Å². The van der Waals surface area contributed by atoms with Crippen molar-refractivity contribution in [3.63, 3.8) is 0 Å². The molecule has 2 N–H and O–H groups in total. The summed E-state index contributed by atoms with van der Waals surface area (Å²) in [5.74, 6) is 0.598. The summed E-state index contributed by atoms with van der Waals surface area (Å²) in [5.41, 5.74) is 2.01. The minimum atomic E-state index is 0.116. The average molecular weight is 311 g/mol. The second kappa shape index (κ2) is 6.34. The van der Waals surface area contributed by atoms with E-state index in [2.05, 4.69) is 26.6 Å². The van der Waals surface area contributed by atoms with Gasteiger partial charge in [-0.25, -0.2) is 0 Å². The first-order valence-electron chi connectivity index (χ1n) is 6.42. The minimum absolute atomic E-state index is 0.116. The molecule has 1 atom stereocenters. The second-order valence-electron chi connectivity index (χ2n) is 4.93. The molecule has 4 heteroatoms. The van der Waals surface area contributed by atoms with E-state index in [0.717, 1.165) is 35.2 Å². The number of hydrogen-bond donors (Lipinski definition) is 2. The van der Waals surface area contributed by atoms with Gasteiger partial charge in [0.25, 0.3) is 0 Å². The zero-order chi connectivity index (χ0) is 13.0. The van der Waals surface area contributed by atoms with Crippen molar-refractivity contribution in [2.75, 3.05) is 18.4 Å². The Balaban J connectivity index is 1.88. The molecule has 1 aromatic rings. The first kappa shape index (κ1) is 13.6. The Kier molecular flexibility index (Phi) is 4.78. The molecule has 0 bridgehead atoms. The molecule has 1 amide bonds. The highest BCUT2D eigenvalue weighted by Crippen LogP contribution is 2.21. The quantitative estimate of drug-likeness (QED) is 0.901. The number of carbonyl (C=O) groups excluding carboxylic acids is 1. The van der Waals surface area contributed by atoms with Crippen molar-refractivity contribution in [3.05, 3.63) is 28.2 Å². The molecule has 3 nitrogen and oxygen atoms in total. The van der Waals surface area contributed by atoms with Crippen molar-refractivity contribution in [1.29, 1.82) is 0 Å². The van der Waals surface area contributed by atoms with Crippen molar-refractivity contribution in [1.82, 2.24) is 5.32 Å². The summed E-state index contributed by atoms with van der Waals surface area (Å²) in [6.07, 6.45) is 2.94. The third-order valence-corrected chi connectivity index (χ3v) is 4.20. The molecular formula is C14H19BrN2O. The normalized spacial score (nSPS) is 19.6. The van der Waals surface area contributed by atoms with Crippen molar-refractivity contribution < 1.29 is 4.79 Å². The zero-order valence-electron chi connectivity index (χ0n) is 10.6. The second-order valence-corrected chi connectivity index (χ2v) is 5.78. The number of carbonyl (C=O) groups is 1. The predicted molar refractivity (Wildman–Crippen MR) is 77.7 cm³/mol. The van der Waals surface area contributed by atoms with Gasteiger partial charge in [-0.3, -0.25) is 4.79 Å². The third kappa shape index (κ3) is 3.82. The number of piperidine rings is 1. The van der Waals surface area contributed by atoms with E-state index in [-0.39, 0.29) is 5.91 Å². The van der Waals surface area contributed by atoms with Gasteiger partial charge in [-0.05, 0) is 62.5 Å². The molecule has 1 unspecified atom stereocenters. The number of aryl methyl sites for hydroxylation is 1. The van der Waals surface area contributed by atoms with Gasteiger partial charge in [-0.2, -0.15) is 0 Å². The van der Waals surface area contributed by atoms with Crippen LogP contribution in [0.5, 0.6) is 0 Å². The summed E-state index contributed by atoms with van der Waals surface area (Å²) < 4.78 is 1.07. The summed E-state index contributed by atoms with van der Waals surface area (Å²) in [7, 11) is 0. The molecule has 0 aromatic heterocycles. The minimum Gasteiger partial charge on any atom is -0.326 e. The fraction of sp³-hybridized carbons (Fsp3) is 0.500. The molecule has 1 aliphatic rings. The van der Waals surface area contributed by atoms with Gasteiger partial charge >= 0.3 is 0 Å². The highest BCUT2D eigenvalue weighted by molar-refractivity contribution is 9.10. The molecular weight excluding hydrogens is 292 g/mol. The van der Waals surface area contributed by atoms with Gasteiger partial charge in [0, 0.05) is 16.6 Å². The monoisotopic (exact) mass is 310 g/mol. The van der Waals surface area contributed by atoms with Crippen molar-refractivity contribution in [2.45, 2.75) is 26.2 Å². The molecule has 98 valence electrons. The van der Waals surface area contributed by atoms with E-state index >= 15 is 0 Å². The number of benzene rings is 1. The molecule has 0 spiro atoms. The number of hydrogen-bond acceptors (Lipinski definition) is 2. The van der Waals surface area contributed by atoms with Crippen LogP contribution in [0.2, 0.25) is 0 Å². The summed E-state index contributed by atoms with van der Waals surface area (Å²) in [5, 5.41) is 6.30. The Morgan fingerprint density at radius 1 is 1.56 bits per heavy atom. The van der Waals surface area contributed by atoms with Gasteiger partial charge in [0.1, 0.15) is 0 Å². The van der Waals surface area contributed by atoms with Crippen LogP contribution in [0.3, 0.4) is 0 Å². The van der Waals surface area contributed by atoms with Crippen LogP contribution in [-0.2, 0) is 4.79 Å². The van der Waals surface area contributed by atoms with Crippen LogP contribution in [0.1, 0.15) is 24.8 Å². The zero-order valence-corrected chi connectivity index (χ0v) is 12.2. The number of rotatable bonds is 3. The van der Waals surface area contributed by atoms with E-state index in [1.165, 1.54) is 6.42 Å². The van der Waals surface area contributed by atoms with Crippen molar-refractivity contribution in [3.8, 4) is 0 Å². The maximum absolute atomic E-state index is 11.9. The van der Waals surface area contributed by atoms with Crippen LogP contribution in [0.15, 0.2) is 22.7 Å². The van der Waals surface area contributed by atoms with Crippen LogP contribution in [0.4, 0.5) is 5.69 Å². The topological polar surface area (TPSA) is 41.1 Å².